The number of aryl methyl sites for hydroxylation is 1. The number of aromatic nitrogens is 2. The molecule has 0 unspecified atom stereocenters. The molecule has 0 fully saturated rings. The summed E-state index contributed by atoms with van der Waals surface area (Å²) in [5, 5.41) is 11.8. The lowest BCUT2D eigenvalue weighted by Gasteiger charge is -2.16. The first-order valence-electron chi connectivity index (χ1n) is 6.20. The molecular weight excluding hydrogens is 286 g/mol. The van der Waals surface area contributed by atoms with Crippen LogP contribution in [0.5, 0.6) is 0 Å². The predicted molar refractivity (Wildman–Crippen MR) is 77.6 cm³/mol. The van der Waals surface area contributed by atoms with Crippen molar-refractivity contribution in [2.45, 2.75) is 26.7 Å². The summed E-state index contributed by atoms with van der Waals surface area (Å²) in [6.07, 6.45) is 1.85. The summed E-state index contributed by atoms with van der Waals surface area (Å²) < 4.78 is 27.6. The summed E-state index contributed by atoms with van der Waals surface area (Å²) in [4.78, 5) is 0. The van der Waals surface area contributed by atoms with Gasteiger partial charge in [-0.15, -0.1) is 10.2 Å². The van der Waals surface area contributed by atoms with E-state index < -0.39 is 10.2 Å². The summed E-state index contributed by atoms with van der Waals surface area (Å²) in [6, 6.07) is 0. The Balaban J connectivity index is 2.39. The van der Waals surface area contributed by atoms with Crippen LogP contribution < -0.4 is 10.0 Å². The van der Waals surface area contributed by atoms with Gasteiger partial charge >= 0.3 is 10.2 Å². The van der Waals surface area contributed by atoms with Gasteiger partial charge in [0.15, 0.2) is 0 Å². The normalized spacial score (nSPS) is 12.0. The zero-order valence-electron chi connectivity index (χ0n) is 11.5. The van der Waals surface area contributed by atoms with Gasteiger partial charge in [0.1, 0.15) is 5.01 Å². The molecule has 0 aliphatic heterocycles. The second-order valence-electron chi connectivity index (χ2n) is 4.16. The first kappa shape index (κ1) is 16.3. The summed E-state index contributed by atoms with van der Waals surface area (Å²) in [6.45, 7) is 6.10. The monoisotopic (exact) mass is 307 g/mol. The maximum atomic E-state index is 12.0. The molecule has 0 aromatic carbocycles. The Morgan fingerprint density at radius 1 is 1.32 bits per heavy atom. The van der Waals surface area contributed by atoms with Crippen LogP contribution in [0.1, 0.15) is 24.8 Å². The van der Waals surface area contributed by atoms with E-state index in [0.29, 0.717) is 11.7 Å². The van der Waals surface area contributed by atoms with Crippen LogP contribution in [0.25, 0.3) is 0 Å². The van der Waals surface area contributed by atoms with Crippen molar-refractivity contribution in [1.29, 1.82) is 0 Å². The molecular formula is C10H21N5O2S2. The van der Waals surface area contributed by atoms with Gasteiger partial charge in [-0.05, 0) is 32.9 Å². The molecule has 0 bridgehead atoms. The van der Waals surface area contributed by atoms with E-state index in [2.05, 4.69) is 27.2 Å². The molecule has 1 heterocycles. The molecule has 1 aromatic heterocycles. The van der Waals surface area contributed by atoms with Gasteiger partial charge in [0, 0.05) is 13.6 Å². The number of hydrogen-bond acceptors (Lipinski definition) is 6. The topological polar surface area (TPSA) is 87.2 Å². The molecule has 0 radical (unpaired) electrons. The van der Waals surface area contributed by atoms with Crippen molar-refractivity contribution in [2.75, 3.05) is 31.4 Å². The lowest BCUT2D eigenvalue weighted by Crippen LogP contribution is -2.34. The minimum atomic E-state index is -3.53. The van der Waals surface area contributed by atoms with Crippen molar-refractivity contribution < 1.29 is 8.42 Å². The van der Waals surface area contributed by atoms with E-state index in [9.17, 15) is 8.42 Å². The van der Waals surface area contributed by atoms with Crippen LogP contribution in [0.3, 0.4) is 0 Å². The summed E-state index contributed by atoms with van der Waals surface area (Å²) in [5.74, 6) is 0. The molecule has 0 aliphatic carbocycles. The van der Waals surface area contributed by atoms with Crippen LogP contribution in [-0.2, 0) is 10.2 Å². The molecule has 0 spiro atoms. The van der Waals surface area contributed by atoms with E-state index in [4.69, 9.17) is 0 Å². The third-order valence-electron chi connectivity index (χ3n) is 2.41. The Morgan fingerprint density at radius 3 is 2.63 bits per heavy atom. The van der Waals surface area contributed by atoms with Crippen molar-refractivity contribution in [2.24, 2.45) is 0 Å². The van der Waals surface area contributed by atoms with Gasteiger partial charge < -0.3 is 5.32 Å². The summed E-state index contributed by atoms with van der Waals surface area (Å²) in [5.41, 5.74) is 0. The molecule has 0 aliphatic rings. The fraction of sp³-hybridized carbons (Fsp3) is 0.800. The third kappa shape index (κ3) is 5.81. The van der Waals surface area contributed by atoms with Gasteiger partial charge in [-0.3, -0.25) is 0 Å². The van der Waals surface area contributed by atoms with Gasteiger partial charge in [-0.1, -0.05) is 18.3 Å². The van der Waals surface area contributed by atoms with E-state index in [-0.39, 0.29) is 0 Å². The quantitative estimate of drug-likeness (QED) is 0.660. The fourth-order valence-electron chi connectivity index (χ4n) is 1.37. The Hall–Kier alpha value is -0.770. The van der Waals surface area contributed by atoms with Crippen molar-refractivity contribution in [3.8, 4) is 0 Å². The van der Waals surface area contributed by atoms with Crippen LogP contribution in [0.2, 0.25) is 0 Å². The summed E-state index contributed by atoms with van der Waals surface area (Å²) >= 11 is 1.22. The largest absolute Gasteiger partial charge is 0.317 e. The second-order valence-corrected chi connectivity index (χ2v) is 7.12. The van der Waals surface area contributed by atoms with Gasteiger partial charge in [0.25, 0.3) is 0 Å². The van der Waals surface area contributed by atoms with Gasteiger partial charge in [0.2, 0.25) is 5.13 Å². The first-order valence-corrected chi connectivity index (χ1v) is 8.46. The molecule has 0 amide bonds. The van der Waals surface area contributed by atoms with E-state index in [0.717, 1.165) is 30.9 Å². The second kappa shape index (κ2) is 7.73. The highest BCUT2D eigenvalue weighted by molar-refractivity contribution is 7.90. The van der Waals surface area contributed by atoms with Crippen molar-refractivity contribution in [3.05, 3.63) is 5.01 Å². The highest BCUT2D eigenvalue weighted by atomic mass is 32.2. The minimum absolute atomic E-state index is 0.299. The SMILES string of the molecule is CCCNCCCN(C)S(=O)(=O)Nc1nnc(C)s1. The highest BCUT2D eigenvalue weighted by Crippen LogP contribution is 2.16. The maximum Gasteiger partial charge on any atom is 0.303 e. The molecule has 1 rings (SSSR count). The molecule has 0 atom stereocenters. The highest BCUT2D eigenvalue weighted by Gasteiger charge is 2.18. The zero-order valence-corrected chi connectivity index (χ0v) is 13.1. The van der Waals surface area contributed by atoms with E-state index in [1.165, 1.54) is 15.6 Å². The number of rotatable bonds is 9. The Morgan fingerprint density at radius 2 is 2.05 bits per heavy atom. The van der Waals surface area contributed by atoms with E-state index in [1.807, 2.05) is 0 Å². The molecule has 0 saturated heterocycles. The predicted octanol–water partition coefficient (Wildman–Crippen LogP) is 0.825. The van der Waals surface area contributed by atoms with Crippen LogP contribution in [0.4, 0.5) is 5.13 Å². The van der Waals surface area contributed by atoms with Crippen molar-refractivity contribution in [1.82, 2.24) is 19.8 Å². The molecule has 2 N–H and O–H groups in total. The lowest BCUT2D eigenvalue weighted by atomic mass is 10.4. The van der Waals surface area contributed by atoms with Crippen molar-refractivity contribution >= 4 is 26.7 Å². The smallest absolute Gasteiger partial charge is 0.303 e. The molecule has 110 valence electrons. The van der Waals surface area contributed by atoms with Crippen LogP contribution in [0, 0.1) is 6.92 Å². The standard InChI is InChI=1S/C10H21N5O2S2/c1-4-6-11-7-5-8-15(3)19(16,17)14-10-13-12-9(2)18-10/h11H,4-8H2,1-3H3,(H,13,14). The van der Waals surface area contributed by atoms with Crippen LogP contribution >= 0.6 is 11.3 Å². The average Bonchev–Trinajstić information content (AvgIpc) is 2.73. The number of nitrogens with one attached hydrogen (secondary N) is 2. The molecule has 9 heteroatoms. The van der Waals surface area contributed by atoms with Crippen LogP contribution in [0.15, 0.2) is 0 Å². The molecule has 1 aromatic rings. The zero-order chi connectivity index (χ0) is 14.3. The Labute approximate surface area is 118 Å². The molecule has 7 nitrogen and oxygen atoms in total. The third-order valence-corrected chi connectivity index (χ3v) is 4.74. The fourth-order valence-corrected chi connectivity index (χ4v) is 3.09. The van der Waals surface area contributed by atoms with Gasteiger partial charge in [-0.25, -0.2) is 4.72 Å². The van der Waals surface area contributed by atoms with Gasteiger partial charge in [-0.2, -0.15) is 12.7 Å². The maximum absolute atomic E-state index is 12.0. The van der Waals surface area contributed by atoms with Gasteiger partial charge in [0.05, 0.1) is 0 Å². The minimum Gasteiger partial charge on any atom is -0.317 e. The average molecular weight is 307 g/mol. The Kier molecular flexibility index (Phi) is 6.63. The van der Waals surface area contributed by atoms with Crippen molar-refractivity contribution in [3.63, 3.8) is 0 Å². The summed E-state index contributed by atoms with van der Waals surface area (Å²) in [7, 11) is -1.98. The first-order chi connectivity index (χ1) is 8.95. The molecule has 19 heavy (non-hydrogen) atoms. The number of hydrogen-bond donors (Lipinski definition) is 2. The lowest BCUT2D eigenvalue weighted by molar-refractivity contribution is 0.458. The Bertz CT molecular complexity index is 474. The van der Waals surface area contributed by atoms with E-state index in [1.54, 1.807) is 14.0 Å². The number of nitrogens with zero attached hydrogens (tertiary/aromatic N) is 3. The number of anilines is 1. The molecule has 0 saturated carbocycles. The van der Waals surface area contributed by atoms with E-state index >= 15 is 0 Å². The van der Waals surface area contributed by atoms with Crippen LogP contribution in [-0.4, -0.2) is 49.6 Å².